The molecule has 3 aliphatic rings. The number of pyridine rings is 1. The van der Waals surface area contributed by atoms with Crippen LogP contribution >= 0.6 is 0 Å². The number of carbonyl (C=O) groups is 4. The number of benzene rings is 1. The van der Waals surface area contributed by atoms with Crippen LogP contribution in [-0.2, 0) is 19.1 Å². The van der Waals surface area contributed by atoms with Gasteiger partial charge in [-0.2, -0.15) is 0 Å². The summed E-state index contributed by atoms with van der Waals surface area (Å²) in [4.78, 5) is 80.6. The van der Waals surface area contributed by atoms with E-state index >= 15 is 0 Å². The average Bonchev–Trinajstić information content (AvgIpc) is 4.02. The summed E-state index contributed by atoms with van der Waals surface area (Å²) in [5, 5.41) is 5.35. The molecule has 2 aromatic heterocycles. The number of ether oxygens (including phenoxy) is 2. The Balaban J connectivity index is 1.10. The fourth-order valence-corrected chi connectivity index (χ4v) is 7.62. The molecule has 4 amide bonds. The molecule has 15 heteroatoms. The zero-order chi connectivity index (χ0) is 39.4. The number of hydrogen-bond donors (Lipinski definition) is 3. The van der Waals surface area contributed by atoms with Crippen LogP contribution < -0.4 is 16.2 Å². The molecule has 0 saturated carbocycles. The minimum atomic E-state index is -0.717. The van der Waals surface area contributed by atoms with Crippen LogP contribution in [0.15, 0.2) is 64.8 Å². The third-order valence-corrected chi connectivity index (χ3v) is 10.7. The van der Waals surface area contributed by atoms with Crippen molar-refractivity contribution in [3.8, 4) is 22.4 Å². The number of methoxy groups -OCH3 is 2. The van der Waals surface area contributed by atoms with Crippen molar-refractivity contribution in [3.63, 3.8) is 0 Å². The molecule has 0 unspecified atom stereocenters. The molecular formula is C40H50N8O7. The van der Waals surface area contributed by atoms with Crippen molar-refractivity contribution in [1.82, 2.24) is 35.0 Å². The molecule has 0 radical (unpaired) electrons. The molecule has 15 nitrogen and oxygen atoms in total. The molecule has 3 aliphatic heterocycles. The molecule has 3 aromatic rings. The van der Waals surface area contributed by atoms with E-state index in [9.17, 15) is 24.0 Å². The third kappa shape index (κ3) is 8.35. The van der Waals surface area contributed by atoms with E-state index < -0.39 is 24.3 Å². The van der Waals surface area contributed by atoms with Crippen LogP contribution in [0.4, 0.5) is 9.59 Å². The van der Waals surface area contributed by atoms with Crippen molar-refractivity contribution >= 4 is 35.4 Å². The number of aromatic nitrogens is 3. The first-order chi connectivity index (χ1) is 26.4. The largest absolute Gasteiger partial charge is 0.453 e. The quantitative estimate of drug-likeness (QED) is 0.246. The predicted octanol–water partition coefficient (Wildman–Crippen LogP) is 4.96. The summed E-state index contributed by atoms with van der Waals surface area (Å²) in [5.41, 5.74) is 4.69. The zero-order valence-corrected chi connectivity index (χ0v) is 32.2. The van der Waals surface area contributed by atoms with Gasteiger partial charge in [0.05, 0.1) is 38.2 Å². The summed E-state index contributed by atoms with van der Waals surface area (Å²) >= 11 is 0. The number of aromatic amines is 1. The van der Waals surface area contributed by atoms with E-state index in [0.29, 0.717) is 25.3 Å². The van der Waals surface area contributed by atoms with Crippen LogP contribution in [0.2, 0.25) is 0 Å². The molecule has 6 rings (SSSR count). The molecule has 2 saturated heterocycles. The lowest BCUT2D eigenvalue weighted by Crippen LogP contribution is -2.53. The number of imidazole rings is 1. The van der Waals surface area contributed by atoms with Gasteiger partial charge in [-0.3, -0.25) is 23.9 Å². The Kier molecular flexibility index (Phi) is 11.9. The van der Waals surface area contributed by atoms with Crippen molar-refractivity contribution in [2.75, 3.05) is 27.3 Å². The Morgan fingerprint density at radius 1 is 0.800 bits per heavy atom. The van der Waals surface area contributed by atoms with Gasteiger partial charge in [0.2, 0.25) is 11.8 Å². The first-order valence-corrected chi connectivity index (χ1v) is 18.8. The van der Waals surface area contributed by atoms with Crippen LogP contribution in [-0.4, -0.2) is 99.5 Å². The fraction of sp³-hybridized carbons (Fsp3) is 0.475. The molecule has 0 spiro atoms. The van der Waals surface area contributed by atoms with Crippen LogP contribution in [0, 0.1) is 11.8 Å². The van der Waals surface area contributed by atoms with E-state index in [0.717, 1.165) is 59.5 Å². The number of likely N-dealkylation sites (tertiary alicyclic amines) is 2. The molecule has 5 heterocycles. The maximum absolute atomic E-state index is 13.5. The molecule has 292 valence electrons. The van der Waals surface area contributed by atoms with Gasteiger partial charge in [0.15, 0.2) is 0 Å². The SMILES string of the molecule is COC(=O)N[C@H](C(=O)N1CCC[C@H]1C1=NC=C(n2ccc(-c3ccc(-c4cnc([C@@H]5CCCN5C(=O)[C@@H](NC(=O)OC)C(C)C)[nH]4)cc3)cc2=O)C1)C(C)C. The van der Waals surface area contributed by atoms with Crippen molar-refractivity contribution in [2.45, 2.75) is 84.0 Å². The molecule has 2 fully saturated rings. The fourth-order valence-electron chi connectivity index (χ4n) is 7.62. The second-order valence-electron chi connectivity index (χ2n) is 14.9. The summed E-state index contributed by atoms with van der Waals surface area (Å²) in [5.74, 6) is 0.0985. The minimum Gasteiger partial charge on any atom is -0.453 e. The van der Waals surface area contributed by atoms with Crippen LogP contribution in [0.5, 0.6) is 0 Å². The smallest absolute Gasteiger partial charge is 0.407 e. The van der Waals surface area contributed by atoms with Crippen LogP contribution in [0.3, 0.4) is 0 Å². The number of rotatable bonds is 11. The molecule has 0 bridgehead atoms. The van der Waals surface area contributed by atoms with Crippen LogP contribution in [0.25, 0.3) is 28.1 Å². The highest BCUT2D eigenvalue weighted by Crippen LogP contribution is 2.33. The molecule has 55 heavy (non-hydrogen) atoms. The maximum atomic E-state index is 13.5. The number of amides is 4. The molecule has 0 aliphatic carbocycles. The standard InChI is InChI=1S/C40H50N8O7/c1-23(2)34(44-39(52)54-5)37(50)47-16-7-9-31(47)29-20-28(21-41-29)46-18-15-27(19-33(46)49)25-11-13-26(14-12-25)30-22-42-36(43-30)32-10-8-17-48(32)38(51)35(24(3)4)45-40(53)55-6/h11-15,18-19,21-24,31-32,34-35H,7-10,16-17,20H2,1-6H3,(H,42,43)(H,44,52)(H,45,53)/t31-,32-,34-,35-/m0/s1. The van der Waals surface area contributed by atoms with Gasteiger partial charge in [-0.15, -0.1) is 0 Å². The molecular weight excluding hydrogens is 704 g/mol. The summed E-state index contributed by atoms with van der Waals surface area (Å²) < 4.78 is 11.1. The number of nitrogens with zero attached hydrogens (tertiary/aromatic N) is 5. The average molecular weight is 755 g/mol. The van der Waals surface area contributed by atoms with E-state index in [2.05, 4.69) is 25.6 Å². The zero-order valence-electron chi connectivity index (χ0n) is 32.2. The van der Waals surface area contributed by atoms with Gasteiger partial charge in [0.25, 0.3) is 5.56 Å². The molecule has 3 N–H and O–H groups in total. The Labute approximate surface area is 320 Å². The maximum Gasteiger partial charge on any atom is 0.407 e. The Bertz CT molecular complexity index is 2030. The highest BCUT2D eigenvalue weighted by molar-refractivity contribution is 6.01. The van der Waals surface area contributed by atoms with E-state index in [1.165, 1.54) is 14.2 Å². The van der Waals surface area contributed by atoms with Crippen molar-refractivity contribution in [1.29, 1.82) is 0 Å². The van der Waals surface area contributed by atoms with E-state index in [-0.39, 0.29) is 41.3 Å². The number of aliphatic imine (C=N–C) groups is 1. The second-order valence-corrected chi connectivity index (χ2v) is 14.9. The summed E-state index contributed by atoms with van der Waals surface area (Å²) in [6.45, 7) is 8.66. The number of hydrogen-bond acceptors (Lipinski definition) is 9. The molecule has 1 aromatic carbocycles. The summed E-state index contributed by atoms with van der Waals surface area (Å²) in [6, 6.07) is 9.44. The van der Waals surface area contributed by atoms with Gasteiger partial charge < -0.3 is 34.9 Å². The van der Waals surface area contributed by atoms with Crippen molar-refractivity contribution in [2.24, 2.45) is 16.8 Å². The molecule has 4 atom stereocenters. The number of allylic oxidation sites excluding steroid dienone is 1. The van der Waals surface area contributed by atoms with E-state index in [4.69, 9.17) is 9.47 Å². The minimum absolute atomic E-state index is 0.123. The van der Waals surface area contributed by atoms with Gasteiger partial charge in [-0.1, -0.05) is 52.0 Å². The Hall–Kier alpha value is -5.73. The summed E-state index contributed by atoms with van der Waals surface area (Å²) in [6.07, 6.45) is 7.50. The van der Waals surface area contributed by atoms with Gasteiger partial charge in [-0.05, 0) is 60.3 Å². The van der Waals surface area contributed by atoms with Crippen LogP contribution in [0.1, 0.15) is 71.7 Å². The second kappa shape index (κ2) is 16.7. The normalized spacial score (nSPS) is 19.3. The van der Waals surface area contributed by atoms with Crippen molar-refractivity contribution < 1.29 is 28.7 Å². The highest BCUT2D eigenvalue weighted by Gasteiger charge is 2.39. The van der Waals surface area contributed by atoms with Gasteiger partial charge in [0, 0.05) is 49.4 Å². The number of nitrogens with one attached hydrogen (secondary N) is 3. The monoisotopic (exact) mass is 754 g/mol. The number of H-pyrrole nitrogens is 1. The number of carbonyl (C=O) groups excluding carboxylic acids is 4. The lowest BCUT2D eigenvalue weighted by Gasteiger charge is -2.31. The number of alkyl carbamates (subject to hydrolysis) is 2. The Morgan fingerprint density at radius 3 is 1.93 bits per heavy atom. The first kappa shape index (κ1) is 39.0. The van der Waals surface area contributed by atoms with Gasteiger partial charge in [-0.25, -0.2) is 14.6 Å². The lowest BCUT2D eigenvalue weighted by atomic mass is 10.0. The summed E-state index contributed by atoms with van der Waals surface area (Å²) in [7, 11) is 2.55. The lowest BCUT2D eigenvalue weighted by molar-refractivity contribution is -0.135. The van der Waals surface area contributed by atoms with E-state index in [1.807, 2.05) is 58.0 Å². The predicted molar refractivity (Wildman–Crippen MR) is 207 cm³/mol. The first-order valence-electron chi connectivity index (χ1n) is 18.8. The third-order valence-electron chi connectivity index (χ3n) is 10.7. The topological polar surface area (TPSA) is 180 Å². The van der Waals surface area contributed by atoms with Gasteiger partial charge >= 0.3 is 12.2 Å². The Morgan fingerprint density at radius 2 is 1.36 bits per heavy atom. The van der Waals surface area contributed by atoms with E-state index in [1.54, 1.807) is 39.0 Å². The highest BCUT2D eigenvalue weighted by atomic mass is 16.5. The van der Waals surface area contributed by atoms with Gasteiger partial charge in [0.1, 0.15) is 17.9 Å². The van der Waals surface area contributed by atoms with Crippen molar-refractivity contribution in [3.05, 3.63) is 71.2 Å².